The Kier molecular flexibility index (Phi) is 6.04. The second-order valence-corrected chi connectivity index (χ2v) is 7.24. The predicted molar refractivity (Wildman–Crippen MR) is 85.7 cm³/mol. The number of thiophene rings is 2. The van der Waals surface area contributed by atoms with Gasteiger partial charge >= 0.3 is 12.4 Å². The van der Waals surface area contributed by atoms with Gasteiger partial charge in [0.25, 0.3) is 11.6 Å². The van der Waals surface area contributed by atoms with Crippen LogP contribution in [0.3, 0.4) is 0 Å². The lowest BCUT2D eigenvalue weighted by atomic mass is 10.2. The van der Waals surface area contributed by atoms with Gasteiger partial charge in [0.2, 0.25) is 0 Å². The molecule has 0 aliphatic carbocycles. The third kappa shape index (κ3) is 5.23. The van der Waals surface area contributed by atoms with E-state index < -0.39 is 35.4 Å². The Labute approximate surface area is 160 Å². The molecule has 0 fully saturated rings. The average Bonchev–Trinajstić information content (AvgIpc) is 3.22. The van der Waals surface area contributed by atoms with E-state index in [1.165, 1.54) is 24.3 Å². The first kappa shape index (κ1) is 21.7. The van der Waals surface area contributed by atoms with E-state index >= 15 is 0 Å². The molecule has 0 aliphatic rings. The van der Waals surface area contributed by atoms with Gasteiger partial charge in [-0.1, -0.05) is 11.5 Å². The van der Waals surface area contributed by atoms with E-state index in [1.54, 1.807) is 0 Å². The van der Waals surface area contributed by atoms with Gasteiger partial charge in [-0.15, -0.1) is 22.7 Å². The van der Waals surface area contributed by atoms with Gasteiger partial charge in [-0.3, -0.25) is 9.59 Å². The Balaban J connectivity index is 2.24. The van der Waals surface area contributed by atoms with Crippen LogP contribution in [0.1, 0.15) is 9.75 Å². The van der Waals surface area contributed by atoms with Crippen LogP contribution >= 0.6 is 22.7 Å². The van der Waals surface area contributed by atoms with E-state index in [2.05, 4.69) is 0 Å². The molecule has 0 amide bonds. The Morgan fingerprint density at radius 2 is 1.04 bits per heavy atom. The Morgan fingerprint density at radius 3 is 1.32 bits per heavy atom. The summed E-state index contributed by atoms with van der Waals surface area (Å²) in [4.78, 5) is 22.0. The third-order valence-electron chi connectivity index (χ3n) is 3.02. The fraction of sp³-hybridized carbons (Fsp3) is 0.125. The van der Waals surface area contributed by atoms with E-state index in [0.29, 0.717) is 9.75 Å². The van der Waals surface area contributed by atoms with Crippen LogP contribution in [0.5, 0.6) is 0 Å². The first-order valence-corrected chi connectivity index (χ1v) is 8.63. The number of carbonyl (C=O) groups is 2. The van der Waals surface area contributed by atoms with Gasteiger partial charge in [0.1, 0.15) is 0 Å². The largest absolute Gasteiger partial charge is 0.871 e. The van der Waals surface area contributed by atoms with Crippen molar-refractivity contribution in [2.24, 2.45) is 0 Å². The molecular formula is C16H6F6O4S2-2. The summed E-state index contributed by atoms with van der Waals surface area (Å²) in [6.07, 6.45) is -10.5. The van der Waals surface area contributed by atoms with E-state index in [1.807, 2.05) is 0 Å². The molecule has 0 atom stereocenters. The van der Waals surface area contributed by atoms with Gasteiger partial charge in [-0.05, 0) is 36.4 Å². The highest BCUT2D eigenvalue weighted by atomic mass is 32.1. The minimum atomic E-state index is -5.18. The van der Waals surface area contributed by atoms with Crippen molar-refractivity contribution >= 4 is 45.8 Å². The standard InChI is InChI=1S/C16H8F6O4S2/c17-15(18,19)13(25)5-7(23)9-1-3-11(27-9)12-4-2-10(28-12)8(24)6-14(26)16(20,21)22/h1-6,23-24H/p-2/b7-5-,8-6-. The number of hydrogen-bond donors (Lipinski definition) is 0. The maximum Gasteiger partial charge on any atom is 0.454 e. The predicted octanol–water partition coefficient (Wildman–Crippen LogP) is 3.14. The number of halogens is 6. The van der Waals surface area contributed by atoms with Gasteiger partial charge in [0, 0.05) is 19.5 Å². The van der Waals surface area contributed by atoms with Gasteiger partial charge in [-0.25, -0.2) is 0 Å². The minimum Gasteiger partial charge on any atom is -0.871 e. The maximum absolute atomic E-state index is 12.2. The van der Waals surface area contributed by atoms with E-state index in [0.717, 1.165) is 22.7 Å². The molecule has 2 aromatic heterocycles. The normalized spacial score (nSPS) is 13.6. The number of carbonyl (C=O) groups excluding carboxylic acids is 2. The van der Waals surface area contributed by atoms with Crippen molar-refractivity contribution in [2.45, 2.75) is 12.4 Å². The Hall–Kier alpha value is -2.60. The van der Waals surface area contributed by atoms with Crippen LogP contribution < -0.4 is 10.2 Å². The van der Waals surface area contributed by atoms with Crippen LogP contribution in [0.25, 0.3) is 21.3 Å². The summed E-state index contributed by atoms with van der Waals surface area (Å²) in [5.41, 5.74) is 0. The highest BCUT2D eigenvalue weighted by Gasteiger charge is 2.36. The van der Waals surface area contributed by atoms with E-state index in [-0.39, 0.29) is 21.9 Å². The number of rotatable bonds is 5. The zero-order valence-corrected chi connectivity index (χ0v) is 14.8. The average molecular weight is 440 g/mol. The van der Waals surface area contributed by atoms with Crippen molar-refractivity contribution < 1.29 is 46.1 Å². The molecule has 0 aliphatic heterocycles. The Bertz CT molecular complexity index is 884. The third-order valence-corrected chi connectivity index (χ3v) is 5.42. The van der Waals surface area contributed by atoms with Crippen molar-refractivity contribution in [1.82, 2.24) is 0 Å². The number of hydrogen-bond acceptors (Lipinski definition) is 6. The van der Waals surface area contributed by atoms with Crippen molar-refractivity contribution in [3.8, 4) is 9.75 Å². The molecule has 12 heteroatoms. The second-order valence-electron chi connectivity index (χ2n) is 5.07. The van der Waals surface area contributed by atoms with Crippen LogP contribution in [0, 0.1) is 0 Å². The monoisotopic (exact) mass is 440 g/mol. The zero-order valence-electron chi connectivity index (χ0n) is 13.2. The van der Waals surface area contributed by atoms with Crippen LogP contribution in [0.4, 0.5) is 26.3 Å². The lowest BCUT2D eigenvalue weighted by molar-refractivity contribution is -0.244. The van der Waals surface area contributed by atoms with Crippen LogP contribution in [-0.4, -0.2) is 23.9 Å². The molecule has 0 saturated heterocycles. The summed E-state index contributed by atoms with van der Waals surface area (Å²) in [5, 5.41) is 23.4. The molecule has 150 valence electrons. The molecule has 0 unspecified atom stereocenters. The molecule has 2 heterocycles. The van der Waals surface area contributed by atoms with Crippen molar-refractivity contribution in [3.63, 3.8) is 0 Å². The molecule has 2 rings (SSSR count). The molecular weight excluding hydrogens is 434 g/mol. The summed E-state index contributed by atoms with van der Waals surface area (Å²) in [6, 6.07) is 5.02. The quantitative estimate of drug-likeness (QED) is 0.407. The van der Waals surface area contributed by atoms with Gasteiger partial charge < -0.3 is 10.2 Å². The number of alkyl halides is 6. The SMILES string of the molecule is O=C(/C=C(\[O-])c1ccc(-c2ccc(/C([O-])=C/C(=O)C(F)(F)F)s2)s1)C(F)(F)F. The summed E-state index contributed by atoms with van der Waals surface area (Å²) in [5.74, 6) is -6.92. The summed E-state index contributed by atoms with van der Waals surface area (Å²) >= 11 is 1.46. The lowest BCUT2D eigenvalue weighted by Gasteiger charge is -2.10. The van der Waals surface area contributed by atoms with Gasteiger partial charge in [0.05, 0.1) is 0 Å². The summed E-state index contributed by atoms with van der Waals surface area (Å²) in [6.45, 7) is 0. The van der Waals surface area contributed by atoms with Crippen molar-refractivity contribution in [2.75, 3.05) is 0 Å². The fourth-order valence-corrected chi connectivity index (χ4v) is 3.67. The highest BCUT2D eigenvalue weighted by Crippen LogP contribution is 2.36. The molecule has 0 saturated carbocycles. The topological polar surface area (TPSA) is 80.3 Å². The molecule has 4 nitrogen and oxygen atoms in total. The van der Waals surface area contributed by atoms with Gasteiger partial charge in [0.15, 0.2) is 0 Å². The molecule has 0 spiro atoms. The van der Waals surface area contributed by atoms with Crippen LogP contribution in [0.2, 0.25) is 0 Å². The van der Waals surface area contributed by atoms with Crippen molar-refractivity contribution in [3.05, 3.63) is 46.2 Å². The minimum absolute atomic E-state index is 0.0866. The number of ketones is 2. The summed E-state index contributed by atoms with van der Waals surface area (Å²) in [7, 11) is 0. The van der Waals surface area contributed by atoms with E-state index in [9.17, 15) is 46.1 Å². The molecule has 0 aromatic carbocycles. The molecule has 0 radical (unpaired) electrons. The Morgan fingerprint density at radius 1 is 0.714 bits per heavy atom. The maximum atomic E-state index is 12.2. The van der Waals surface area contributed by atoms with E-state index in [4.69, 9.17) is 0 Å². The zero-order chi connectivity index (χ0) is 21.3. The van der Waals surface area contributed by atoms with Crippen molar-refractivity contribution in [1.29, 1.82) is 0 Å². The molecule has 0 bridgehead atoms. The van der Waals surface area contributed by atoms with Gasteiger partial charge in [-0.2, -0.15) is 26.3 Å². The molecule has 0 N–H and O–H groups in total. The molecule has 2 aromatic rings. The molecule has 28 heavy (non-hydrogen) atoms. The first-order chi connectivity index (χ1) is 12.8. The lowest BCUT2D eigenvalue weighted by Crippen LogP contribution is -2.21. The second kappa shape index (κ2) is 7.80. The summed E-state index contributed by atoms with van der Waals surface area (Å²) < 4.78 is 73.1. The first-order valence-electron chi connectivity index (χ1n) is 6.99. The van der Waals surface area contributed by atoms with Crippen LogP contribution in [-0.2, 0) is 9.59 Å². The number of allylic oxidation sites excluding steroid dienone is 2. The highest BCUT2D eigenvalue weighted by molar-refractivity contribution is 7.23. The smallest absolute Gasteiger partial charge is 0.454 e. The van der Waals surface area contributed by atoms with Crippen LogP contribution in [0.15, 0.2) is 36.4 Å². The fourth-order valence-electron chi connectivity index (χ4n) is 1.75.